The van der Waals surface area contributed by atoms with E-state index < -0.39 is 11.9 Å². The van der Waals surface area contributed by atoms with Crippen molar-refractivity contribution in [3.63, 3.8) is 0 Å². The van der Waals surface area contributed by atoms with Crippen LogP contribution in [-0.4, -0.2) is 43.2 Å². The summed E-state index contributed by atoms with van der Waals surface area (Å²) in [6.07, 6.45) is 1.25. The molecule has 0 aliphatic carbocycles. The van der Waals surface area contributed by atoms with Gasteiger partial charge < -0.3 is 5.73 Å². The maximum atomic E-state index is 10.8. The second-order valence-corrected chi connectivity index (χ2v) is 2.59. The van der Waals surface area contributed by atoms with Crippen molar-refractivity contribution in [3.8, 4) is 0 Å². The fourth-order valence-corrected chi connectivity index (χ4v) is 0.713. The Bertz CT molecular complexity index is 291. The van der Waals surface area contributed by atoms with Crippen LogP contribution in [-0.2, 0) is 4.79 Å². The molecule has 13 heavy (non-hydrogen) atoms. The van der Waals surface area contributed by atoms with Gasteiger partial charge in [-0.3, -0.25) is 14.8 Å². The van der Waals surface area contributed by atoms with Crippen molar-refractivity contribution < 1.29 is 4.79 Å². The van der Waals surface area contributed by atoms with Crippen LogP contribution in [0.25, 0.3) is 0 Å². The summed E-state index contributed by atoms with van der Waals surface area (Å²) in [5.74, 6) is -0.355. The molecule has 0 radical (unpaired) electrons. The van der Waals surface area contributed by atoms with E-state index in [4.69, 9.17) is 5.73 Å². The molecule has 7 nitrogen and oxygen atoms in total. The average Bonchev–Trinajstić information content (AvgIpc) is 2.47. The van der Waals surface area contributed by atoms with E-state index in [0.29, 0.717) is 0 Å². The Kier molecular flexibility index (Phi) is 2.68. The van der Waals surface area contributed by atoms with Gasteiger partial charge in [-0.15, -0.1) is 5.11 Å². The van der Waals surface area contributed by atoms with Crippen LogP contribution in [0.3, 0.4) is 0 Å². The SMILES string of the molecule is CN(C)N=NC1=NC=NC1C(N)=O. The van der Waals surface area contributed by atoms with Gasteiger partial charge in [0, 0.05) is 14.1 Å². The lowest BCUT2D eigenvalue weighted by Crippen LogP contribution is -2.31. The second kappa shape index (κ2) is 3.74. The Morgan fingerprint density at radius 2 is 2.38 bits per heavy atom. The van der Waals surface area contributed by atoms with E-state index in [9.17, 15) is 4.79 Å². The van der Waals surface area contributed by atoms with Crippen molar-refractivity contribution in [2.75, 3.05) is 14.1 Å². The minimum absolute atomic E-state index is 0.223. The number of amides is 1. The molecule has 2 N–H and O–H groups in total. The summed E-state index contributed by atoms with van der Waals surface area (Å²) in [5.41, 5.74) is 5.05. The first-order valence-electron chi connectivity index (χ1n) is 3.59. The molecule has 1 unspecified atom stereocenters. The monoisotopic (exact) mass is 182 g/mol. The lowest BCUT2D eigenvalue weighted by Gasteiger charge is -2.03. The molecule has 1 aliphatic rings. The van der Waals surface area contributed by atoms with E-state index >= 15 is 0 Å². The molecule has 1 rings (SSSR count). The van der Waals surface area contributed by atoms with Gasteiger partial charge in [0.05, 0.1) is 0 Å². The van der Waals surface area contributed by atoms with Crippen LogP contribution in [0.2, 0.25) is 0 Å². The molecule has 0 bridgehead atoms. The number of hydrogen-bond donors (Lipinski definition) is 1. The summed E-state index contributed by atoms with van der Waals surface area (Å²) < 4.78 is 0. The number of nitrogens with two attached hydrogens (primary N) is 1. The van der Waals surface area contributed by atoms with Crippen molar-refractivity contribution in [2.24, 2.45) is 26.1 Å². The number of amidine groups is 1. The molecule has 7 heteroatoms. The highest BCUT2D eigenvalue weighted by Gasteiger charge is 2.23. The maximum absolute atomic E-state index is 10.8. The van der Waals surface area contributed by atoms with E-state index in [2.05, 4.69) is 20.3 Å². The van der Waals surface area contributed by atoms with Crippen molar-refractivity contribution >= 4 is 18.1 Å². The molecule has 0 saturated carbocycles. The first kappa shape index (κ1) is 9.30. The molecular formula is C6H10N6O. The summed E-state index contributed by atoms with van der Waals surface area (Å²) in [4.78, 5) is 18.2. The van der Waals surface area contributed by atoms with Crippen LogP contribution in [0.4, 0.5) is 0 Å². The van der Waals surface area contributed by atoms with Crippen molar-refractivity contribution in [1.82, 2.24) is 5.01 Å². The van der Waals surface area contributed by atoms with Crippen LogP contribution in [0.5, 0.6) is 0 Å². The number of primary amides is 1. The first-order valence-corrected chi connectivity index (χ1v) is 3.59. The van der Waals surface area contributed by atoms with E-state index in [1.54, 1.807) is 14.1 Å². The molecule has 1 heterocycles. The van der Waals surface area contributed by atoms with E-state index in [-0.39, 0.29) is 5.84 Å². The summed E-state index contributed by atoms with van der Waals surface area (Å²) in [6, 6.07) is -0.788. The minimum Gasteiger partial charge on any atom is -0.367 e. The number of hydrogen-bond acceptors (Lipinski definition) is 5. The van der Waals surface area contributed by atoms with E-state index in [0.717, 1.165) is 0 Å². The number of aliphatic imine (C=N–C) groups is 2. The predicted molar refractivity (Wildman–Crippen MR) is 47.5 cm³/mol. The molecule has 0 aromatic heterocycles. The highest BCUT2D eigenvalue weighted by Crippen LogP contribution is 2.02. The molecule has 0 aromatic carbocycles. The van der Waals surface area contributed by atoms with Gasteiger partial charge in [-0.05, 0) is 0 Å². The molecule has 0 spiro atoms. The minimum atomic E-state index is -0.788. The van der Waals surface area contributed by atoms with Gasteiger partial charge in [0.2, 0.25) is 5.91 Å². The van der Waals surface area contributed by atoms with Crippen LogP contribution in [0.15, 0.2) is 20.3 Å². The van der Waals surface area contributed by atoms with Crippen molar-refractivity contribution in [3.05, 3.63) is 0 Å². The van der Waals surface area contributed by atoms with Crippen molar-refractivity contribution in [2.45, 2.75) is 6.04 Å². The molecule has 1 aliphatic heterocycles. The number of nitrogens with zero attached hydrogens (tertiary/aromatic N) is 5. The van der Waals surface area contributed by atoms with Gasteiger partial charge in [-0.2, -0.15) is 0 Å². The molecule has 1 atom stereocenters. The Morgan fingerprint density at radius 1 is 1.69 bits per heavy atom. The highest BCUT2D eigenvalue weighted by molar-refractivity contribution is 6.12. The summed E-state index contributed by atoms with van der Waals surface area (Å²) in [5, 5.41) is 8.86. The van der Waals surface area contributed by atoms with Crippen LogP contribution in [0, 0.1) is 0 Å². The van der Waals surface area contributed by atoms with Gasteiger partial charge in [-0.25, -0.2) is 4.99 Å². The fourth-order valence-electron chi connectivity index (χ4n) is 0.713. The van der Waals surface area contributed by atoms with Crippen LogP contribution < -0.4 is 5.73 Å². The molecule has 70 valence electrons. The Labute approximate surface area is 75.0 Å². The van der Waals surface area contributed by atoms with E-state index in [1.807, 2.05) is 0 Å². The van der Waals surface area contributed by atoms with Gasteiger partial charge >= 0.3 is 0 Å². The lowest BCUT2D eigenvalue weighted by molar-refractivity contribution is -0.117. The molecule has 0 aromatic rings. The molecule has 0 fully saturated rings. The summed E-state index contributed by atoms with van der Waals surface area (Å²) >= 11 is 0. The van der Waals surface area contributed by atoms with Crippen LogP contribution >= 0.6 is 0 Å². The van der Waals surface area contributed by atoms with E-state index in [1.165, 1.54) is 11.3 Å². The van der Waals surface area contributed by atoms with Gasteiger partial charge in [-0.1, -0.05) is 5.22 Å². The predicted octanol–water partition coefficient (Wildman–Crippen LogP) is -0.791. The third kappa shape index (κ3) is 2.32. The Morgan fingerprint density at radius 3 is 2.92 bits per heavy atom. The largest absolute Gasteiger partial charge is 0.367 e. The average molecular weight is 182 g/mol. The molecular weight excluding hydrogens is 172 g/mol. The zero-order valence-corrected chi connectivity index (χ0v) is 7.38. The smallest absolute Gasteiger partial charge is 0.250 e. The second-order valence-electron chi connectivity index (χ2n) is 2.59. The Balaban J connectivity index is 2.67. The molecule has 1 amide bonds. The quantitative estimate of drug-likeness (QED) is 0.447. The highest BCUT2D eigenvalue weighted by atomic mass is 16.1. The maximum Gasteiger partial charge on any atom is 0.250 e. The zero-order valence-electron chi connectivity index (χ0n) is 7.38. The third-order valence-corrected chi connectivity index (χ3v) is 1.25. The molecule has 0 saturated heterocycles. The van der Waals surface area contributed by atoms with Crippen molar-refractivity contribution in [1.29, 1.82) is 0 Å². The number of rotatable bonds is 2. The van der Waals surface area contributed by atoms with Crippen LogP contribution in [0.1, 0.15) is 0 Å². The first-order chi connectivity index (χ1) is 6.11. The van der Waals surface area contributed by atoms with Gasteiger partial charge in [0.25, 0.3) is 0 Å². The normalized spacial score (nSPS) is 20.8. The standard InChI is InChI=1S/C6H10N6O/c1-12(2)11-10-6-4(5(7)13)8-3-9-6/h3-4H,1-2H3,(H2,7,13). The third-order valence-electron chi connectivity index (χ3n) is 1.25. The summed E-state index contributed by atoms with van der Waals surface area (Å²) in [6.45, 7) is 0. The van der Waals surface area contributed by atoms with Gasteiger partial charge in [0.15, 0.2) is 11.9 Å². The fraction of sp³-hybridized carbons (Fsp3) is 0.500. The zero-order chi connectivity index (χ0) is 9.84. The lowest BCUT2D eigenvalue weighted by atomic mass is 10.3. The number of carbonyl (C=O) groups is 1. The Hall–Kier alpha value is -1.79. The summed E-state index contributed by atoms with van der Waals surface area (Å²) in [7, 11) is 3.41. The van der Waals surface area contributed by atoms with Gasteiger partial charge in [0.1, 0.15) is 6.34 Å². The topological polar surface area (TPSA) is 95.8 Å². The number of carbonyl (C=O) groups excluding carboxylic acids is 1.